The molecule has 8 heteroatoms. The highest BCUT2D eigenvalue weighted by molar-refractivity contribution is 8.26. The van der Waals surface area contributed by atoms with Gasteiger partial charge in [0.05, 0.1) is 12.0 Å². The van der Waals surface area contributed by atoms with Gasteiger partial charge in [-0.3, -0.25) is 9.69 Å². The van der Waals surface area contributed by atoms with E-state index < -0.39 is 17.9 Å². The molecule has 2 aromatic carbocycles. The SMILES string of the molecule is COc1cc(C=C2SC(=S)N(C(C)C(=O)O)C2=O)ccc1OCc1ccc(C)cc1. The molecule has 1 N–H and O–H groups in total. The van der Waals surface area contributed by atoms with Crippen molar-refractivity contribution in [3.05, 3.63) is 64.1 Å². The number of thiocarbonyl (C=S) groups is 1. The van der Waals surface area contributed by atoms with Crippen molar-refractivity contribution < 1.29 is 24.2 Å². The number of carbonyl (C=O) groups excluding carboxylic acids is 1. The molecule has 6 nitrogen and oxygen atoms in total. The quantitative estimate of drug-likeness (QED) is 0.506. The van der Waals surface area contributed by atoms with Crippen molar-refractivity contribution >= 4 is 46.3 Å². The van der Waals surface area contributed by atoms with Crippen LogP contribution < -0.4 is 9.47 Å². The first kappa shape index (κ1) is 21.9. The van der Waals surface area contributed by atoms with Crippen molar-refractivity contribution in [1.82, 2.24) is 4.90 Å². The molecule has 0 spiro atoms. The monoisotopic (exact) mass is 443 g/mol. The molecule has 0 saturated carbocycles. The maximum atomic E-state index is 12.6. The number of carboxylic acids is 1. The molecule has 1 aliphatic rings. The molecule has 3 rings (SSSR count). The molecule has 0 aromatic heterocycles. The number of methoxy groups -OCH3 is 1. The summed E-state index contributed by atoms with van der Waals surface area (Å²) in [6.07, 6.45) is 1.67. The number of nitrogens with zero attached hydrogens (tertiary/aromatic N) is 1. The maximum Gasteiger partial charge on any atom is 0.326 e. The molecule has 0 radical (unpaired) electrons. The first-order valence-electron chi connectivity index (χ1n) is 9.16. The molecule has 2 aromatic rings. The molecular weight excluding hydrogens is 422 g/mol. The standard InChI is InChI=1S/C22H21NO5S2/c1-13-4-6-15(7-5-13)12-28-17-9-8-16(10-18(17)27-3)11-19-20(24)23(22(29)30-19)14(2)21(25)26/h4-11,14H,12H2,1-3H3,(H,25,26). The summed E-state index contributed by atoms with van der Waals surface area (Å²) in [5, 5.41) is 9.19. The third-order valence-electron chi connectivity index (χ3n) is 4.57. The van der Waals surface area contributed by atoms with Gasteiger partial charge in [0.2, 0.25) is 0 Å². The summed E-state index contributed by atoms with van der Waals surface area (Å²) in [7, 11) is 1.55. The number of carboxylic acid groups (broad SMARTS) is 1. The van der Waals surface area contributed by atoms with E-state index in [1.54, 1.807) is 31.4 Å². The van der Waals surface area contributed by atoms with Gasteiger partial charge in [0.15, 0.2) is 11.5 Å². The van der Waals surface area contributed by atoms with E-state index in [-0.39, 0.29) is 4.32 Å². The van der Waals surface area contributed by atoms with Crippen LogP contribution in [0.15, 0.2) is 47.4 Å². The van der Waals surface area contributed by atoms with Gasteiger partial charge in [-0.15, -0.1) is 0 Å². The summed E-state index contributed by atoms with van der Waals surface area (Å²) >= 11 is 6.27. The van der Waals surface area contributed by atoms with Gasteiger partial charge in [-0.05, 0) is 43.2 Å². The highest BCUT2D eigenvalue weighted by atomic mass is 32.2. The average Bonchev–Trinajstić information content (AvgIpc) is 3.00. The van der Waals surface area contributed by atoms with Crippen LogP contribution in [0.5, 0.6) is 11.5 Å². The van der Waals surface area contributed by atoms with Crippen LogP contribution in [0.1, 0.15) is 23.6 Å². The lowest BCUT2D eigenvalue weighted by Gasteiger charge is -2.18. The fourth-order valence-corrected chi connectivity index (χ4v) is 4.23. The van der Waals surface area contributed by atoms with Gasteiger partial charge < -0.3 is 14.6 Å². The molecular formula is C22H21NO5S2. The normalized spacial score (nSPS) is 16.1. The predicted molar refractivity (Wildman–Crippen MR) is 121 cm³/mol. The van der Waals surface area contributed by atoms with Crippen LogP contribution in [0.25, 0.3) is 6.08 Å². The van der Waals surface area contributed by atoms with Gasteiger partial charge >= 0.3 is 5.97 Å². The van der Waals surface area contributed by atoms with Crippen LogP contribution in [0.3, 0.4) is 0 Å². The number of ether oxygens (including phenoxy) is 2. The van der Waals surface area contributed by atoms with Gasteiger partial charge in [0, 0.05) is 0 Å². The van der Waals surface area contributed by atoms with Crippen LogP contribution in [-0.4, -0.2) is 39.4 Å². The molecule has 1 atom stereocenters. The molecule has 1 fully saturated rings. The van der Waals surface area contributed by atoms with Gasteiger partial charge in [0.25, 0.3) is 5.91 Å². The number of aryl methyl sites for hydroxylation is 1. The number of carbonyl (C=O) groups is 2. The van der Waals surface area contributed by atoms with Crippen LogP contribution in [0, 0.1) is 6.92 Å². The van der Waals surface area contributed by atoms with E-state index in [0.29, 0.717) is 23.0 Å². The Hall–Kier alpha value is -2.84. The summed E-state index contributed by atoms with van der Waals surface area (Å²) < 4.78 is 11.5. The topological polar surface area (TPSA) is 76.1 Å². The van der Waals surface area contributed by atoms with Gasteiger partial charge in [-0.2, -0.15) is 0 Å². The largest absolute Gasteiger partial charge is 0.493 e. The minimum absolute atomic E-state index is 0.228. The highest BCUT2D eigenvalue weighted by Crippen LogP contribution is 2.36. The first-order chi connectivity index (χ1) is 14.3. The summed E-state index contributed by atoms with van der Waals surface area (Å²) in [6, 6.07) is 12.4. The summed E-state index contributed by atoms with van der Waals surface area (Å²) in [4.78, 5) is 25.3. The number of thioether (sulfide) groups is 1. The summed E-state index contributed by atoms with van der Waals surface area (Å²) in [6.45, 7) is 3.86. The predicted octanol–water partition coefficient (Wildman–Crippen LogP) is 4.26. The highest BCUT2D eigenvalue weighted by Gasteiger charge is 2.38. The van der Waals surface area contributed by atoms with Crippen molar-refractivity contribution in [2.75, 3.05) is 7.11 Å². The number of rotatable bonds is 7. The fraction of sp³-hybridized carbons (Fsp3) is 0.227. The number of aliphatic carboxylic acids is 1. The lowest BCUT2D eigenvalue weighted by Crippen LogP contribution is -2.41. The Morgan fingerprint density at radius 2 is 1.93 bits per heavy atom. The summed E-state index contributed by atoms with van der Waals surface area (Å²) in [5.41, 5.74) is 2.95. The van der Waals surface area contributed by atoms with Gasteiger partial charge in [-0.1, -0.05) is 59.9 Å². The molecule has 1 heterocycles. The zero-order chi connectivity index (χ0) is 21.8. The number of hydrogen-bond acceptors (Lipinski definition) is 6. The average molecular weight is 444 g/mol. The molecule has 1 unspecified atom stereocenters. The zero-order valence-corrected chi connectivity index (χ0v) is 18.4. The Morgan fingerprint density at radius 3 is 2.57 bits per heavy atom. The lowest BCUT2D eigenvalue weighted by atomic mass is 10.1. The number of benzene rings is 2. The first-order valence-corrected chi connectivity index (χ1v) is 10.4. The second kappa shape index (κ2) is 9.32. The zero-order valence-electron chi connectivity index (χ0n) is 16.7. The van der Waals surface area contributed by atoms with E-state index in [9.17, 15) is 14.7 Å². The van der Waals surface area contributed by atoms with E-state index in [2.05, 4.69) is 0 Å². The lowest BCUT2D eigenvalue weighted by molar-refractivity contribution is -0.144. The molecule has 0 aliphatic carbocycles. The van der Waals surface area contributed by atoms with E-state index >= 15 is 0 Å². The van der Waals surface area contributed by atoms with E-state index in [1.165, 1.54) is 12.5 Å². The summed E-state index contributed by atoms with van der Waals surface area (Å²) in [5.74, 6) is -0.407. The minimum Gasteiger partial charge on any atom is -0.493 e. The van der Waals surface area contributed by atoms with Crippen LogP contribution in [0.2, 0.25) is 0 Å². The molecule has 156 valence electrons. The molecule has 1 amide bonds. The Kier molecular flexibility index (Phi) is 6.79. The molecule has 0 bridgehead atoms. The van der Waals surface area contributed by atoms with Crippen molar-refractivity contribution in [1.29, 1.82) is 0 Å². The second-order valence-electron chi connectivity index (χ2n) is 6.75. The third kappa shape index (κ3) is 4.83. The van der Waals surface area contributed by atoms with Crippen molar-refractivity contribution in [3.8, 4) is 11.5 Å². The van der Waals surface area contributed by atoms with Crippen LogP contribution in [0.4, 0.5) is 0 Å². The van der Waals surface area contributed by atoms with Crippen molar-refractivity contribution in [2.45, 2.75) is 26.5 Å². The number of amides is 1. The van der Waals surface area contributed by atoms with Crippen LogP contribution in [-0.2, 0) is 16.2 Å². The Balaban J connectivity index is 1.77. The Bertz CT molecular complexity index is 1020. The number of hydrogen-bond donors (Lipinski definition) is 1. The van der Waals surface area contributed by atoms with E-state index in [1.807, 2.05) is 31.2 Å². The maximum absolute atomic E-state index is 12.6. The van der Waals surface area contributed by atoms with Crippen molar-refractivity contribution in [2.24, 2.45) is 0 Å². The molecule has 1 saturated heterocycles. The second-order valence-corrected chi connectivity index (χ2v) is 8.43. The smallest absolute Gasteiger partial charge is 0.326 e. The Labute approximate surface area is 184 Å². The van der Waals surface area contributed by atoms with Gasteiger partial charge in [0.1, 0.15) is 17.0 Å². The van der Waals surface area contributed by atoms with E-state index in [4.69, 9.17) is 21.7 Å². The van der Waals surface area contributed by atoms with E-state index in [0.717, 1.165) is 27.8 Å². The van der Waals surface area contributed by atoms with Crippen molar-refractivity contribution in [3.63, 3.8) is 0 Å². The Morgan fingerprint density at radius 1 is 1.23 bits per heavy atom. The minimum atomic E-state index is -1.11. The fourth-order valence-electron chi connectivity index (χ4n) is 2.81. The third-order valence-corrected chi connectivity index (χ3v) is 5.90. The van der Waals surface area contributed by atoms with Crippen LogP contribution >= 0.6 is 24.0 Å². The van der Waals surface area contributed by atoms with Gasteiger partial charge in [-0.25, -0.2) is 4.79 Å². The molecule has 30 heavy (non-hydrogen) atoms. The molecule has 1 aliphatic heterocycles.